The predicted molar refractivity (Wildman–Crippen MR) is 65.9 cm³/mol. The number of ether oxygens (including phenoxy) is 1. The van der Waals surface area contributed by atoms with Gasteiger partial charge in [-0.1, -0.05) is 11.6 Å². The van der Waals surface area contributed by atoms with Crippen molar-refractivity contribution in [2.45, 2.75) is 31.6 Å². The van der Waals surface area contributed by atoms with Crippen LogP contribution in [0.1, 0.15) is 30.4 Å². The van der Waals surface area contributed by atoms with Gasteiger partial charge in [-0.3, -0.25) is 4.79 Å². The van der Waals surface area contributed by atoms with Crippen molar-refractivity contribution in [3.63, 3.8) is 0 Å². The van der Waals surface area contributed by atoms with Crippen LogP contribution in [-0.2, 0) is 10.2 Å². The van der Waals surface area contributed by atoms with Gasteiger partial charge in [0.1, 0.15) is 5.75 Å². The van der Waals surface area contributed by atoms with E-state index in [4.69, 9.17) is 21.4 Å². The molecular weight excluding hydrogens is 240 g/mol. The molecule has 0 atom stereocenters. The maximum absolute atomic E-state index is 10.9. The van der Waals surface area contributed by atoms with Crippen LogP contribution in [0.5, 0.6) is 5.75 Å². The van der Waals surface area contributed by atoms with E-state index in [1.54, 1.807) is 13.2 Å². The number of benzene rings is 1. The van der Waals surface area contributed by atoms with Crippen LogP contribution in [0.3, 0.4) is 0 Å². The van der Waals surface area contributed by atoms with Crippen LogP contribution in [0, 0.1) is 6.92 Å². The Balaban J connectivity index is 2.45. The number of hydrogen-bond donors (Lipinski definition) is 1. The summed E-state index contributed by atoms with van der Waals surface area (Å²) in [7, 11) is 1.60. The summed E-state index contributed by atoms with van der Waals surface area (Å²) in [5.41, 5.74) is 1.79. The standard InChI is InChI=1S/C13H15ClO3/c1-8-10(5-9(14)6-11(8)17-2)13(3-4-13)7-12(15)16/h5-6H,3-4,7H2,1-2H3,(H,15,16). The Morgan fingerprint density at radius 3 is 2.65 bits per heavy atom. The van der Waals surface area contributed by atoms with E-state index < -0.39 is 5.97 Å². The lowest BCUT2D eigenvalue weighted by atomic mass is 9.88. The third kappa shape index (κ3) is 2.25. The average molecular weight is 255 g/mol. The van der Waals surface area contributed by atoms with Crippen molar-refractivity contribution in [3.8, 4) is 5.75 Å². The highest BCUT2D eigenvalue weighted by atomic mass is 35.5. The molecule has 1 aliphatic rings. The van der Waals surface area contributed by atoms with Gasteiger partial charge in [-0.2, -0.15) is 0 Å². The van der Waals surface area contributed by atoms with Gasteiger partial charge in [-0.05, 0) is 43.0 Å². The van der Waals surface area contributed by atoms with Gasteiger partial charge in [0, 0.05) is 10.4 Å². The fourth-order valence-electron chi connectivity index (χ4n) is 2.40. The highest BCUT2D eigenvalue weighted by Crippen LogP contribution is 2.53. The van der Waals surface area contributed by atoms with E-state index in [1.807, 2.05) is 13.0 Å². The molecule has 0 radical (unpaired) electrons. The highest BCUT2D eigenvalue weighted by Gasteiger charge is 2.47. The van der Waals surface area contributed by atoms with Gasteiger partial charge in [0.15, 0.2) is 0 Å². The molecule has 1 aromatic rings. The van der Waals surface area contributed by atoms with Crippen LogP contribution in [0.2, 0.25) is 5.02 Å². The first kappa shape index (κ1) is 12.2. The summed E-state index contributed by atoms with van der Waals surface area (Å²) in [4.78, 5) is 10.9. The lowest BCUT2D eigenvalue weighted by Crippen LogP contribution is -2.14. The van der Waals surface area contributed by atoms with Crippen molar-refractivity contribution in [1.29, 1.82) is 0 Å². The second-order valence-corrected chi connectivity index (χ2v) is 5.07. The fraction of sp³-hybridized carbons (Fsp3) is 0.462. The van der Waals surface area contributed by atoms with E-state index >= 15 is 0 Å². The fourth-order valence-corrected chi connectivity index (χ4v) is 2.61. The Kier molecular flexibility index (Phi) is 3.04. The zero-order chi connectivity index (χ0) is 12.6. The third-order valence-corrected chi connectivity index (χ3v) is 3.68. The van der Waals surface area contributed by atoms with Crippen LogP contribution in [0.15, 0.2) is 12.1 Å². The Morgan fingerprint density at radius 1 is 1.53 bits per heavy atom. The molecular formula is C13H15ClO3. The summed E-state index contributed by atoms with van der Waals surface area (Å²) in [5.74, 6) is -0.0370. The summed E-state index contributed by atoms with van der Waals surface area (Å²) in [6.45, 7) is 1.95. The maximum Gasteiger partial charge on any atom is 0.304 e. The van der Waals surface area contributed by atoms with E-state index in [9.17, 15) is 4.79 Å². The highest BCUT2D eigenvalue weighted by molar-refractivity contribution is 6.30. The van der Waals surface area contributed by atoms with E-state index in [0.29, 0.717) is 5.02 Å². The number of methoxy groups -OCH3 is 1. The molecule has 4 heteroatoms. The number of hydrogen-bond acceptors (Lipinski definition) is 2. The number of carboxylic acid groups (broad SMARTS) is 1. The van der Waals surface area contributed by atoms with Crippen LogP contribution in [-0.4, -0.2) is 18.2 Å². The summed E-state index contributed by atoms with van der Waals surface area (Å²) in [6, 6.07) is 3.63. The van der Waals surface area contributed by atoms with Gasteiger partial charge in [-0.25, -0.2) is 0 Å². The molecule has 0 aliphatic heterocycles. The predicted octanol–water partition coefficient (Wildman–Crippen LogP) is 3.16. The minimum absolute atomic E-state index is 0.164. The third-order valence-electron chi connectivity index (χ3n) is 3.46. The topological polar surface area (TPSA) is 46.5 Å². The first-order valence-electron chi connectivity index (χ1n) is 5.55. The molecule has 1 fully saturated rings. The number of aliphatic carboxylic acids is 1. The van der Waals surface area contributed by atoms with Gasteiger partial charge in [-0.15, -0.1) is 0 Å². The molecule has 1 aromatic carbocycles. The summed E-state index contributed by atoms with van der Waals surface area (Å²) < 4.78 is 5.26. The smallest absolute Gasteiger partial charge is 0.304 e. The molecule has 92 valence electrons. The van der Waals surface area contributed by atoms with Gasteiger partial charge in [0.05, 0.1) is 13.5 Å². The quantitative estimate of drug-likeness (QED) is 0.898. The molecule has 0 unspecified atom stereocenters. The minimum atomic E-state index is -0.763. The van der Waals surface area contributed by atoms with Crippen LogP contribution in [0.25, 0.3) is 0 Å². The van der Waals surface area contributed by atoms with Crippen molar-refractivity contribution >= 4 is 17.6 Å². The molecule has 1 aliphatic carbocycles. The Bertz CT molecular complexity index is 464. The lowest BCUT2D eigenvalue weighted by Gasteiger charge is -2.18. The number of rotatable bonds is 4. The number of carbonyl (C=O) groups is 1. The largest absolute Gasteiger partial charge is 0.496 e. The molecule has 1 N–H and O–H groups in total. The monoisotopic (exact) mass is 254 g/mol. The molecule has 0 amide bonds. The van der Waals surface area contributed by atoms with Crippen LogP contribution < -0.4 is 4.74 Å². The van der Waals surface area contributed by atoms with Gasteiger partial charge >= 0.3 is 5.97 Å². The van der Waals surface area contributed by atoms with Crippen molar-refractivity contribution < 1.29 is 14.6 Å². The molecule has 1 saturated carbocycles. The first-order chi connectivity index (χ1) is 7.98. The van der Waals surface area contributed by atoms with E-state index in [0.717, 1.165) is 29.7 Å². The molecule has 17 heavy (non-hydrogen) atoms. The summed E-state index contributed by atoms with van der Waals surface area (Å²) in [5, 5.41) is 9.57. The van der Waals surface area contributed by atoms with Crippen LogP contribution in [0.4, 0.5) is 0 Å². The van der Waals surface area contributed by atoms with Gasteiger partial charge in [0.25, 0.3) is 0 Å². The normalized spacial score (nSPS) is 16.6. The first-order valence-corrected chi connectivity index (χ1v) is 5.93. The van der Waals surface area contributed by atoms with Crippen LogP contribution >= 0.6 is 11.6 Å². The zero-order valence-electron chi connectivity index (χ0n) is 9.92. The molecule has 2 rings (SSSR count). The second kappa shape index (κ2) is 4.22. The molecule has 0 heterocycles. The van der Waals surface area contributed by atoms with Gasteiger partial charge < -0.3 is 9.84 Å². The van der Waals surface area contributed by atoms with E-state index in [1.165, 1.54) is 0 Å². The Morgan fingerprint density at radius 2 is 2.18 bits per heavy atom. The van der Waals surface area contributed by atoms with E-state index in [-0.39, 0.29) is 11.8 Å². The molecule has 0 saturated heterocycles. The number of carboxylic acids is 1. The van der Waals surface area contributed by atoms with Crippen molar-refractivity contribution in [1.82, 2.24) is 0 Å². The van der Waals surface area contributed by atoms with Crippen molar-refractivity contribution in [3.05, 3.63) is 28.3 Å². The zero-order valence-corrected chi connectivity index (χ0v) is 10.7. The van der Waals surface area contributed by atoms with Crippen molar-refractivity contribution in [2.24, 2.45) is 0 Å². The summed E-state index contributed by atoms with van der Waals surface area (Å²) in [6.07, 6.45) is 1.98. The average Bonchev–Trinajstić information content (AvgIpc) is 3.00. The second-order valence-electron chi connectivity index (χ2n) is 4.63. The Labute approximate surface area is 105 Å². The molecule has 0 spiro atoms. The lowest BCUT2D eigenvalue weighted by molar-refractivity contribution is -0.137. The maximum atomic E-state index is 10.9. The van der Waals surface area contributed by atoms with E-state index in [2.05, 4.69) is 0 Å². The minimum Gasteiger partial charge on any atom is -0.496 e. The Hall–Kier alpha value is -1.22. The SMILES string of the molecule is COc1cc(Cl)cc(C2(CC(=O)O)CC2)c1C. The number of halogens is 1. The van der Waals surface area contributed by atoms with Gasteiger partial charge in [0.2, 0.25) is 0 Å². The molecule has 3 nitrogen and oxygen atoms in total. The van der Waals surface area contributed by atoms with Crippen molar-refractivity contribution in [2.75, 3.05) is 7.11 Å². The molecule has 0 bridgehead atoms. The molecule has 0 aromatic heterocycles. The summed E-state index contributed by atoms with van der Waals surface area (Å²) >= 11 is 6.04.